The highest BCUT2D eigenvalue weighted by Gasteiger charge is 2.51. The zero-order valence-electron chi connectivity index (χ0n) is 15.2. The Balaban J connectivity index is 1.27. The molecule has 1 saturated heterocycles. The van der Waals surface area contributed by atoms with Gasteiger partial charge < -0.3 is 9.64 Å². The van der Waals surface area contributed by atoms with Crippen LogP contribution in [-0.4, -0.2) is 53.0 Å². The molecular formula is C20H19BrN4O3. The molecule has 1 N–H and O–H groups in total. The van der Waals surface area contributed by atoms with Crippen molar-refractivity contribution in [3.8, 4) is 0 Å². The van der Waals surface area contributed by atoms with E-state index in [0.29, 0.717) is 31.2 Å². The molecule has 1 spiro atoms. The Kier molecular flexibility index (Phi) is 4.21. The van der Waals surface area contributed by atoms with Gasteiger partial charge in [0.05, 0.1) is 13.2 Å². The lowest BCUT2D eigenvalue weighted by molar-refractivity contribution is -0.117. The smallest absolute Gasteiger partial charge is 0.254 e. The fourth-order valence-electron chi connectivity index (χ4n) is 3.92. The predicted molar refractivity (Wildman–Crippen MR) is 105 cm³/mol. The van der Waals surface area contributed by atoms with Crippen molar-refractivity contribution in [2.45, 2.75) is 24.2 Å². The molecule has 28 heavy (non-hydrogen) atoms. The maximum atomic E-state index is 12.9. The molecule has 5 rings (SSSR count). The minimum absolute atomic E-state index is 0.00232. The summed E-state index contributed by atoms with van der Waals surface area (Å²) in [7, 11) is 0. The summed E-state index contributed by atoms with van der Waals surface area (Å²) in [6.45, 7) is 1.94. The second-order valence-corrected chi connectivity index (χ2v) is 8.67. The number of anilines is 1. The van der Waals surface area contributed by atoms with Crippen molar-refractivity contribution in [1.82, 2.24) is 14.9 Å². The number of nitrogens with one attached hydrogen (secondary N) is 1. The molecule has 1 saturated carbocycles. The summed E-state index contributed by atoms with van der Waals surface area (Å²) in [4.78, 5) is 35.4. The Labute approximate surface area is 170 Å². The van der Waals surface area contributed by atoms with E-state index in [1.54, 1.807) is 17.3 Å². The Bertz CT molecular complexity index is 954. The van der Waals surface area contributed by atoms with Gasteiger partial charge in [0.2, 0.25) is 11.9 Å². The van der Waals surface area contributed by atoms with Gasteiger partial charge in [0, 0.05) is 40.3 Å². The van der Waals surface area contributed by atoms with Gasteiger partial charge in [-0.2, -0.15) is 0 Å². The molecule has 2 aliphatic heterocycles. The van der Waals surface area contributed by atoms with Crippen LogP contribution >= 0.6 is 15.9 Å². The molecule has 1 aromatic heterocycles. The van der Waals surface area contributed by atoms with Gasteiger partial charge in [0.25, 0.3) is 5.91 Å². The van der Waals surface area contributed by atoms with Crippen molar-refractivity contribution < 1.29 is 14.3 Å². The fraction of sp³-hybridized carbons (Fsp3) is 0.400. The first-order valence-electron chi connectivity index (χ1n) is 9.33. The summed E-state index contributed by atoms with van der Waals surface area (Å²) in [6.07, 6.45) is 5.51. The SMILES string of the molecule is O=C(CN1CC2(CC2)c2cc(Br)ccc2C1=O)Nc1ncc(C2COC2)cn1. The normalized spacial score (nSPS) is 19.9. The quantitative estimate of drug-likeness (QED) is 0.785. The number of carbonyl (C=O) groups is 2. The molecule has 8 heteroatoms. The number of carbonyl (C=O) groups excluding carboxylic acids is 2. The number of amides is 2. The van der Waals surface area contributed by atoms with Crippen LogP contribution < -0.4 is 5.32 Å². The molecule has 7 nitrogen and oxygen atoms in total. The minimum atomic E-state index is -0.288. The van der Waals surface area contributed by atoms with E-state index in [1.165, 1.54) is 0 Å². The summed E-state index contributed by atoms with van der Waals surface area (Å²) < 4.78 is 6.14. The number of fused-ring (bicyclic) bond motifs is 2. The van der Waals surface area contributed by atoms with Gasteiger partial charge in [-0.3, -0.25) is 14.9 Å². The first-order valence-corrected chi connectivity index (χ1v) is 10.1. The van der Waals surface area contributed by atoms with Crippen LogP contribution in [0.15, 0.2) is 35.1 Å². The van der Waals surface area contributed by atoms with Gasteiger partial charge >= 0.3 is 0 Å². The van der Waals surface area contributed by atoms with Crippen molar-refractivity contribution in [3.63, 3.8) is 0 Å². The molecule has 3 heterocycles. The van der Waals surface area contributed by atoms with Crippen LogP contribution in [0.25, 0.3) is 0 Å². The van der Waals surface area contributed by atoms with E-state index >= 15 is 0 Å². The highest BCUT2D eigenvalue weighted by atomic mass is 79.9. The average molecular weight is 443 g/mol. The third-order valence-electron chi connectivity index (χ3n) is 5.78. The Morgan fingerprint density at radius 2 is 2.04 bits per heavy atom. The third kappa shape index (κ3) is 3.10. The van der Waals surface area contributed by atoms with Crippen molar-refractivity contribution >= 4 is 33.7 Å². The van der Waals surface area contributed by atoms with Gasteiger partial charge in [-0.05, 0) is 42.2 Å². The van der Waals surface area contributed by atoms with Crippen LogP contribution in [0.5, 0.6) is 0 Å². The van der Waals surface area contributed by atoms with Gasteiger partial charge in [-0.15, -0.1) is 0 Å². The maximum Gasteiger partial charge on any atom is 0.254 e. The summed E-state index contributed by atoms with van der Waals surface area (Å²) in [5.74, 6) is 0.204. The number of ether oxygens (including phenoxy) is 1. The van der Waals surface area contributed by atoms with Crippen LogP contribution in [-0.2, 0) is 14.9 Å². The van der Waals surface area contributed by atoms with Crippen LogP contribution in [0.1, 0.15) is 40.2 Å². The van der Waals surface area contributed by atoms with Gasteiger partial charge in [-0.1, -0.05) is 15.9 Å². The third-order valence-corrected chi connectivity index (χ3v) is 6.28. The zero-order chi connectivity index (χ0) is 19.3. The topological polar surface area (TPSA) is 84.4 Å². The molecule has 0 unspecified atom stereocenters. The lowest BCUT2D eigenvalue weighted by Gasteiger charge is -2.34. The fourth-order valence-corrected chi connectivity index (χ4v) is 4.28. The van der Waals surface area contributed by atoms with Gasteiger partial charge in [-0.25, -0.2) is 9.97 Å². The molecule has 3 aliphatic rings. The summed E-state index contributed by atoms with van der Waals surface area (Å²) in [5, 5.41) is 2.70. The molecule has 0 radical (unpaired) electrons. The highest BCUT2D eigenvalue weighted by Crippen LogP contribution is 2.52. The van der Waals surface area contributed by atoms with E-state index in [9.17, 15) is 9.59 Å². The molecule has 1 aromatic carbocycles. The first-order chi connectivity index (χ1) is 13.5. The van der Waals surface area contributed by atoms with Crippen LogP contribution in [0, 0.1) is 0 Å². The molecule has 2 fully saturated rings. The molecule has 0 atom stereocenters. The standard InChI is InChI=1S/C20H19BrN4O3/c21-14-1-2-15-16(5-14)20(3-4-20)11-25(18(15)27)8-17(26)24-19-22-6-12(7-23-19)13-9-28-10-13/h1-2,5-7,13H,3-4,8-11H2,(H,22,23,24,26). The summed E-state index contributed by atoms with van der Waals surface area (Å²) >= 11 is 3.49. The van der Waals surface area contributed by atoms with Gasteiger partial charge in [0.1, 0.15) is 6.54 Å². The van der Waals surface area contributed by atoms with E-state index in [-0.39, 0.29) is 29.7 Å². The van der Waals surface area contributed by atoms with E-state index < -0.39 is 0 Å². The lowest BCUT2D eigenvalue weighted by Crippen LogP contribution is -2.46. The largest absolute Gasteiger partial charge is 0.380 e. The first kappa shape index (κ1) is 17.8. The number of aromatic nitrogens is 2. The molecule has 1 aliphatic carbocycles. The number of benzene rings is 1. The summed E-state index contributed by atoms with van der Waals surface area (Å²) in [5.41, 5.74) is 2.80. The maximum absolute atomic E-state index is 12.9. The number of hydrogen-bond donors (Lipinski definition) is 1. The monoisotopic (exact) mass is 442 g/mol. The van der Waals surface area contributed by atoms with E-state index in [4.69, 9.17) is 4.74 Å². The zero-order valence-corrected chi connectivity index (χ0v) is 16.7. The molecule has 144 valence electrons. The van der Waals surface area contributed by atoms with Crippen LogP contribution in [0.2, 0.25) is 0 Å². The van der Waals surface area contributed by atoms with Crippen LogP contribution in [0.3, 0.4) is 0 Å². The minimum Gasteiger partial charge on any atom is -0.380 e. The van der Waals surface area contributed by atoms with Gasteiger partial charge in [0.15, 0.2) is 0 Å². The second kappa shape index (κ2) is 6.63. The Morgan fingerprint density at radius 3 is 2.68 bits per heavy atom. The highest BCUT2D eigenvalue weighted by molar-refractivity contribution is 9.10. The number of hydrogen-bond acceptors (Lipinski definition) is 5. The second-order valence-electron chi connectivity index (χ2n) is 7.75. The van der Waals surface area contributed by atoms with E-state index in [0.717, 1.165) is 28.4 Å². The average Bonchev–Trinajstić information content (AvgIpc) is 3.40. The van der Waals surface area contributed by atoms with Crippen molar-refractivity contribution in [3.05, 3.63) is 51.8 Å². The van der Waals surface area contributed by atoms with Crippen LogP contribution in [0.4, 0.5) is 5.95 Å². The number of halogens is 1. The predicted octanol–water partition coefficient (Wildman–Crippen LogP) is 2.48. The van der Waals surface area contributed by atoms with E-state index in [2.05, 4.69) is 31.2 Å². The van der Waals surface area contributed by atoms with Crippen molar-refractivity contribution in [1.29, 1.82) is 0 Å². The molecule has 0 bridgehead atoms. The number of rotatable bonds is 4. The Morgan fingerprint density at radius 1 is 1.29 bits per heavy atom. The lowest BCUT2D eigenvalue weighted by atomic mass is 9.86. The molecular weight excluding hydrogens is 424 g/mol. The Hall–Kier alpha value is -2.32. The molecule has 2 aromatic rings. The van der Waals surface area contributed by atoms with Crippen molar-refractivity contribution in [2.24, 2.45) is 0 Å². The van der Waals surface area contributed by atoms with E-state index in [1.807, 2.05) is 18.2 Å². The molecule has 2 amide bonds. The van der Waals surface area contributed by atoms with Crippen molar-refractivity contribution in [2.75, 3.05) is 31.6 Å². The number of nitrogens with zero attached hydrogens (tertiary/aromatic N) is 3. The summed E-state index contributed by atoms with van der Waals surface area (Å²) in [6, 6.07) is 5.76.